The Morgan fingerprint density at radius 3 is 2.50 bits per heavy atom. The molecule has 1 heterocycles. The standard InChI is InChI=1S/C15H14BrF4N5O/c16-9-1-4-13(23-6-9)15(19,20)14(26,7-25(22)8-24-21)11-3-2-10(17)5-12(11)18/h1-6,8,26H,7,21-22H2/b24-8-. The minimum Gasteiger partial charge on any atom is -0.377 e. The van der Waals surface area contributed by atoms with Gasteiger partial charge in [0.15, 0.2) is 5.60 Å². The maximum Gasteiger partial charge on any atom is 0.323 e. The average molecular weight is 436 g/mol. The summed E-state index contributed by atoms with van der Waals surface area (Å²) in [6, 6.07) is 4.06. The second-order valence-corrected chi connectivity index (χ2v) is 6.27. The molecule has 11 heteroatoms. The number of hydrogen-bond acceptors (Lipinski definition) is 5. The van der Waals surface area contributed by atoms with Gasteiger partial charge in [0.2, 0.25) is 0 Å². The van der Waals surface area contributed by atoms with Crippen LogP contribution in [0.2, 0.25) is 0 Å². The Labute approximate surface area is 154 Å². The molecule has 0 saturated heterocycles. The Hall–Kier alpha value is -2.24. The van der Waals surface area contributed by atoms with E-state index in [1.54, 1.807) is 0 Å². The van der Waals surface area contributed by atoms with Crippen LogP contribution in [-0.2, 0) is 11.5 Å². The van der Waals surface area contributed by atoms with E-state index in [4.69, 9.17) is 11.7 Å². The molecule has 2 rings (SSSR count). The zero-order valence-corrected chi connectivity index (χ0v) is 14.7. The molecule has 0 bridgehead atoms. The summed E-state index contributed by atoms with van der Waals surface area (Å²) >= 11 is 3.06. The molecule has 5 N–H and O–H groups in total. The Morgan fingerprint density at radius 1 is 1.27 bits per heavy atom. The molecule has 0 aliphatic carbocycles. The van der Waals surface area contributed by atoms with Gasteiger partial charge < -0.3 is 10.9 Å². The van der Waals surface area contributed by atoms with Crippen LogP contribution in [0.1, 0.15) is 11.3 Å². The van der Waals surface area contributed by atoms with Gasteiger partial charge in [-0.05, 0) is 40.2 Å². The van der Waals surface area contributed by atoms with Crippen molar-refractivity contribution < 1.29 is 22.7 Å². The Morgan fingerprint density at radius 2 is 1.96 bits per heavy atom. The fraction of sp³-hybridized carbons (Fsp3) is 0.200. The third-order valence-electron chi connectivity index (χ3n) is 3.57. The van der Waals surface area contributed by atoms with Gasteiger partial charge in [0.05, 0.1) is 6.54 Å². The molecule has 0 aliphatic heterocycles. The van der Waals surface area contributed by atoms with Gasteiger partial charge >= 0.3 is 5.92 Å². The molecule has 0 fully saturated rings. The zero-order valence-electron chi connectivity index (χ0n) is 13.1. The number of rotatable bonds is 6. The molecule has 1 aromatic carbocycles. The number of hydrazine groups is 1. The third-order valence-corrected chi connectivity index (χ3v) is 4.04. The highest BCUT2D eigenvalue weighted by Gasteiger charge is 2.58. The number of alkyl halides is 2. The number of nitrogens with zero attached hydrogens (tertiary/aromatic N) is 3. The van der Waals surface area contributed by atoms with Crippen molar-refractivity contribution in [3.63, 3.8) is 0 Å². The van der Waals surface area contributed by atoms with Crippen LogP contribution in [0.25, 0.3) is 0 Å². The summed E-state index contributed by atoms with van der Waals surface area (Å²) in [5.41, 5.74) is -4.92. The molecule has 1 aromatic heterocycles. The molecule has 1 unspecified atom stereocenters. The highest BCUT2D eigenvalue weighted by molar-refractivity contribution is 9.10. The molecule has 0 spiro atoms. The molecule has 140 valence electrons. The van der Waals surface area contributed by atoms with Crippen LogP contribution in [0.4, 0.5) is 17.6 Å². The van der Waals surface area contributed by atoms with E-state index < -0.39 is 41.0 Å². The molecule has 6 nitrogen and oxygen atoms in total. The fourth-order valence-electron chi connectivity index (χ4n) is 2.34. The number of pyridine rings is 1. The summed E-state index contributed by atoms with van der Waals surface area (Å²) in [6.45, 7) is -1.01. The predicted molar refractivity (Wildman–Crippen MR) is 89.7 cm³/mol. The Bertz CT molecular complexity index is 805. The summed E-state index contributed by atoms with van der Waals surface area (Å²) in [5.74, 6) is 3.91. The number of aromatic nitrogens is 1. The smallest absolute Gasteiger partial charge is 0.323 e. The van der Waals surface area contributed by atoms with E-state index in [1.165, 1.54) is 6.07 Å². The van der Waals surface area contributed by atoms with Gasteiger partial charge in [-0.1, -0.05) is 0 Å². The van der Waals surface area contributed by atoms with E-state index in [0.717, 1.165) is 24.7 Å². The minimum atomic E-state index is -4.10. The first-order chi connectivity index (χ1) is 12.1. The van der Waals surface area contributed by atoms with Crippen molar-refractivity contribution in [3.8, 4) is 0 Å². The van der Waals surface area contributed by atoms with Gasteiger partial charge in [0.25, 0.3) is 0 Å². The van der Waals surface area contributed by atoms with Gasteiger partial charge in [0.1, 0.15) is 23.7 Å². The molecule has 0 saturated carbocycles. The highest BCUT2D eigenvalue weighted by Crippen LogP contribution is 2.46. The van der Waals surface area contributed by atoms with Gasteiger partial charge in [-0.3, -0.25) is 9.99 Å². The van der Waals surface area contributed by atoms with Crippen molar-refractivity contribution in [3.05, 3.63) is 63.9 Å². The lowest BCUT2D eigenvalue weighted by atomic mass is 9.84. The van der Waals surface area contributed by atoms with Crippen molar-refractivity contribution in [2.45, 2.75) is 11.5 Å². The average Bonchev–Trinajstić information content (AvgIpc) is 2.55. The van der Waals surface area contributed by atoms with Gasteiger partial charge in [0, 0.05) is 22.3 Å². The first-order valence-corrected chi connectivity index (χ1v) is 7.83. The first-order valence-electron chi connectivity index (χ1n) is 7.04. The van der Waals surface area contributed by atoms with Crippen LogP contribution < -0.4 is 11.7 Å². The maximum absolute atomic E-state index is 15.2. The van der Waals surface area contributed by atoms with E-state index in [1.807, 2.05) is 0 Å². The second-order valence-electron chi connectivity index (χ2n) is 5.36. The van der Waals surface area contributed by atoms with Gasteiger partial charge in [-0.2, -0.15) is 13.9 Å². The quantitative estimate of drug-likeness (QED) is 0.212. The monoisotopic (exact) mass is 435 g/mol. The molecule has 2 aromatic rings. The normalized spacial score (nSPS) is 14.4. The molecule has 0 aliphatic rings. The third kappa shape index (κ3) is 3.79. The highest BCUT2D eigenvalue weighted by atomic mass is 79.9. The number of nitrogens with two attached hydrogens (primary N) is 2. The van der Waals surface area contributed by atoms with Crippen molar-refractivity contribution in [1.29, 1.82) is 0 Å². The number of benzene rings is 1. The van der Waals surface area contributed by atoms with E-state index in [-0.39, 0.29) is 0 Å². The van der Waals surface area contributed by atoms with E-state index >= 15 is 8.78 Å². The summed E-state index contributed by atoms with van der Waals surface area (Å²) in [5, 5.41) is 14.4. The van der Waals surface area contributed by atoms with Crippen LogP contribution in [0.15, 0.2) is 46.1 Å². The van der Waals surface area contributed by atoms with Crippen LogP contribution in [0.5, 0.6) is 0 Å². The topological polar surface area (TPSA) is 101 Å². The summed E-state index contributed by atoms with van der Waals surface area (Å²) in [6.07, 6.45) is 1.85. The summed E-state index contributed by atoms with van der Waals surface area (Å²) < 4.78 is 58.1. The number of aliphatic hydroxyl groups is 1. The van der Waals surface area contributed by atoms with Crippen LogP contribution in [0.3, 0.4) is 0 Å². The molecular weight excluding hydrogens is 422 g/mol. The SMILES string of the molecule is N/N=C\N(N)CC(O)(c1ccc(F)cc1F)C(F)(F)c1ccc(Br)cn1. The first kappa shape index (κ1) is 20.1. The number of hydrazone groups is 1. The lowest BCUT2D eigenvalue weighted by molar-refractivity contribution is -0.203. The summed E-state index contributed by atoms with van der Waals surface area (Å²) in [7, 11) is 0. The van der Waals surface area contributed by atoms with Crippen molar-refractivity contribution in [1.82, 2.24) is 9.99 Å². The van der Waals surface area contributed by atoms with Crippen molar-refractivity contribution in [2.24, 2.45) is 16.8 Å². The molecule has 0 amide bonds. The van der Waals surface area contributed by atoms with E-state index in [9.17, 15) is 13.9 Å². The van der Waals surface area contributed by atoms with Crippen LogP contribution in [0, 0.1) is 11.6 Å². The summed E-state index contributed by atoms with van der Waals surface area (Å²) in [4.78, 5) is 3.57. The number of hydrogen-bond donors (Lipinski definition) is 3. The Balaban J connectivity index is 2.64. The van der Waals surface area contributed by atoms with Crippen molar-refractivity contribution >= 4 is 22.3 Å². The molecule has 1 atom stereocenters. The molecule has 26 heavy (non-hydrogen) atoms. The van der Waals surface area contributed by atoms with Gasteiger partial charge in [-0.25, -0.2) is 14.6 Å². The largest absolute Gasteiger partial charge is 0.377 e. The fourth-order valence-corrected chi connectivity index (χ4v) is 2.58. The van der Waals surface area contributed by atoms with Crippen molar-refractivity contribution in [2.75, 3.05) is 6.54 Å². The molecular formula is C15H14BrF4N5O. The predicted octanol–water partition coefficient (Wildman–Crippen LogP) is 2.18. The minimum absolute atomic E-state index is 0.378. The lowest BCUT2D eigenvalue weighted by Crippen LogP contribution is -2.53. The van der Waals surface area contributed by atoms with E-state index in [0.29, 0.717) is 21.6 Å². The maximum atomic E-state index is 15.2. The zero-order chi connectivity index (χ0) is 19.5. The van der Waals surface area contributed by atoms with Crippen LogP contribution in [-0.4, -0.2) is 28.0 Å². The van der Waals surface area contributed by atoms with E-state index in [2.05, 4.69) is 26.0 Å². The molecule has 0 radical (unpaired) electrons. The Kier molecular flexibility index (Phi) is 5.84. The van der Waals surface area contributed by atoms with Gasteiger partial charge in [-0.15, -0.1) is 0 Å². The lowest BCUT2D eigenvalue weighted by Gasteiger charge is -2.37. The second kappa shape index (κ2) is 7.56. The van der Waals surface area contributed by atoms with Crippen LogP contribution >= 0.6 is 15.9 Å². The number of halogens is 5.